The van der Waals surface area contributed by atoms with Crippen LogP contribution in [-0.4, -0.2) is 15.6 Å². The van der Waals surface area contributed by atoms with E-state index in [1.807, 2.05) is 36.6 Å². The quantitative estimate of drug-likeness (QED) is 0.815. The van der Waals surface area contributed by atoms with Gasteiger partial charge in [0, 0.05) is 11.9 Å². The molecule has 0 amide bonds. The molecule has 0 unspecified atom stereocenters. The van der Waals surface area contributed by atoms with Gasteiger partial charge >= 0.3 is 5.97 Å². The number of benzene rings is 1. The average Bonchev–Trinajstić information content (AvgIpc) is 2.57. The van der Waals surface area contributed by atoms with Crippen molar-refractivity contribution in [3.63, 3.8) is 0 Å². The van der Waals surface area contributed by atoms with Crippen molar-refractivity contribution in [1.29, 1.82) is 0 Å². The molecule has 0 atom stereocenters. The number of carboxylic acid groups (broad SMARTS) is 1. The van der Waals surface area contributed by atoms with Gasteiger partial charge in [0.05, 0.1) is 5.52 Å². The van der Waals surface area contributed by atoms with E-state index in [0.717, 1.165) is 16.5 Å². The van der Waals surface area contributed by atoms with E-state index in [-0.39, 0.29) is 0 Å². The summed E-state index contributed by atoms with van der Waals surface area (Å²) >= 11 is 0. The van der Waals surface area contributed by atoms with E-state index < -0.39 is 5.97 Å². The first kappa shape index (κ1) is 9.77. The van der Waals surface area contributed by atoms with Gasteiger partial charge in [-0.05, 0) is 25.5 Å². The van der Waals surface area contributed by atoms with E-state index in [4.69, 9.17) is 5.11 Å². The fourth-order valence-electron chi connectivity index (χ4n) is 2.02. The molecule has 2 aromatic rings. The molecule has 0 fully saturated rings. The molecular weight excluding hydrogens is 190 g/mol. The highest BCUT2D eigenvalue weighted by Gasteiger charge is 2.14. The van der Waals surface area contributed by atoms with Gasteiger partial charge in [-0.1, -0.05) is 18.2 Å². The van der Waals surface area contributed by atoms with E-state index in [0.29, 0.717) is 12.2 Å². The van der Waals surface area contributed by atoms with E-state index in [9.17, 15) is 4.79 Å². The fraction of sp³-hybridized carbons (Fsp3) is 0.250. The van der Waals surface area contributed by atoms with Crippen molar-refractivity contribution in [2.75, 3.05) is 0 Å². The molecule has 1 aromatic carbocycles. The molecule has 15 heavy (non-hydrogen) atoms. The number of aromatic nitrogens is 1. The van der Waals surface area contributed by atoms with Crippen LogP contribution >= 0.6 is 0 Å². The zero-order chi connectivity index (χ0) is 11.0. The number of hydrogen-bond donors (Lipinski definition) is 1. The molecule has 0 saturated heterocycles. The molecule has 0 aliphatic heterocycles. The number of carboxylic acids is 1. The molecule has 2 rings (SSSR count). The molecular formula is C12H13NO2. The second-order valence-electron chi connectivity index (χ2n) is 3.59. The molecule has 3 nitrogen and oxygen atoms in total. The van der Waals surface area contributed by atoms with Gasteiger partial charge in [-0.15, -0.1) is 0 Å². The molecule has 0 saturated carbocycles. The maximum atomic E-state index is 11.0. The summed E-state index contributed by atoms with van der Waals surface area (Å²) in [6.45, 7) is 4.63. The lowest BCUT2D eigenvalue weighted by atomic mass is 10.2. The van der Waals surface area contributed by atoms with Gasteiger partial charge in [0.1, 0.15) is 5.69 Å². The van der Waals surface area contributed by atoms with Gasteiger partial charge in [0.15, 0.2) is 0 Å². The van der Waals surface area contributed by atoms with Crippen molar-refractivity contribution in [1.82, 2.24) is 4.57 Å². The third-order valence-electron chi connectivity index (χ3n) is 2.66. The lowest BCUT2D eigenvalue weighted by Crippen LogP contribution is -2.07. The van der Waals surface area contributed by atoms with E-state index >= 15 is 0 Å². The first-order valence-electron chi connectivity index (χ1n) is 4.97. The number of fused-ring (bicyclic) bond motifs is 1. The Bertz CT molecular complexity index is 526. The molecule has 1 heterocycles. The molecule has 1 N–H and O–H groups in total. The Morgan fingerprint density at radius 2 is 2.20 bits per heavy atom. The first-order chi connectivity index (χ1) is 7.15. The molecule has 0 bridgehead atoms. The Balaban J connectivity index is 2.86. The van der Waals surface area contributed by atoms with Gasteiger partial charge in [-0.2, -0.15) is 0 Å². The maximum absolute atomic E-state index is 11.0. The largest absolute Gasteiger partial charge is 0.477 e. The molecule has 3 heteroatoms. The van der Waals surface area contributed by atoms with Crippen molar-refractivity contribution in [2.45, 2.75) is 20.4 Å². The Kier molecular flexibility index (Phi) is 2.23. The monoisotopic (exact) mass is 203 g/mol. The number of carbonyl (C=O) groups is 1. The van der Waals surface area contributed by atoms with Gasteiger partial charge < -0.3 is 9.67 Å². The van der Waals surface area contributed by atoms with Gasteiger partial charge in [-0.3, -0.25) is 0 Å². The van der Waals surface area contributed by atoms with E-state index in [2.05, 4.69) is 0 Å². The van der Waals surface area contributed by atoms with Crippen molar-refractivity contribution in [3.05, 3.63) is 35.5 Å². The number of aryl methyl sites for hydroxylation is 2. The normalized spacial score (nSPS) is 10.8. The van der Waals surface area contributed by atoms with Crippen molar-refractivity contribution in [2.24, 2.45) is 0 Å². The Morgan fingerprint density at radius 1 is 1.47 bits per heavy atom. The minimum absolute atomic E-state index is 0.363. The molecule has 0 spiro atoms. The Morgan fingerprint density at radius 3 is 2.80 bits per heavy atom. The van der Waals surface area contributed by atoms with Gasteiger partial charge in [-0.25, -0.2) is 4.79 Å². The predicted molar refractivity (Wildman–Crippen MR) is 59.3 cm³/mol. The standard InChI is InChI=1S/C12H13NO2/c1-3-13-10(12(14)15)7-9-6-4-5-8(2)11(9)13/h4-7H,3H2,1-2H3,(H,14,15). The summed E-state index contributed by atoms with van der Waals surface area (Å²) in [6, 6.07) is 7.62. The van der Waals surface area contributed by atoms with Crippen LogP contribution in [0, 0.1) is 6.92 Å². The number of rotatable bonds is 2. The highest BCUT2D eigenvalue weighted by atomic mass is 16.4. The average molecular weight is 203 g/mol. The number of aromatic carboxylic acids is 1. The summed E-state index contributed by atoms with van der Waals surface area (Å²) in [5, 5.41) is 10.1. The van der Waals surface area contributed by atoms with Gasteiger partial charge in [0.25, 0.3) is 0 Å². The van der Waals surface area contributed by atoms with Crippen molar-refractivity contribution >= 4 is 16.9 Å². The van der Waals surface area contributed by atoms with Crippen LogP contribution in [0.3, 0.4) is 0 Å². The fourth-order valence-corrected chi connectivity index (χ4v) is 2.02. The third-order valence-corrected chi connectivity index (χ3v) is 2.66. The second-order valence-corrected chi connectivity index (χ2v) is 3.59. The minimum Gasteiger partial charge on any atom is -0.477 e. The number of para-hydroxylation sites is 1. The summed E-state index contributed by atoms with van der Waals surface area (Å²) in [4.78, 5) is 11.0. The third kappa shape index (κ3) is 1.40. The topological polar surface area (TPSA) is 42.2 Å². The van der Waals surface area contributed by atoms with Crippen LogP contribution in [0.5, 0.6) is 0 Å². The number of hydrogen-bond acceptors (Lipinski definition) is 1. The van der Waals surface area contributed by atoms with Crippen LogP contribution < -0.4 is 0 Å². The summed E-state index contributed by atoms with van der Waals surface area (Å²) in [5.74, 6) is -0.868. The SMILES string of the molecule is CCn1c(C(=O)O)cc2cccc(C)c21. The Labute approximate surface area is 87.9 Å². The molecule has 0 aliphatic carbocycles. The van der Waals surface area contributed by atoms with Crippen LogP contribution in [0.1, 0.15) is 23.0 Å². The molecule has 1 aromatic heterocycles. The van der Waals surface area contributed by atoms with Crippen LogP contribution in [0.15, 0.2) is 24.3 Å². The molecule has 78 valence electrons. The molecule has 0 aliphatic rings. The first-order valence-corrected chi connectivity index (χ1v) is 4.97. The zero-order valence-corrected chi connectivity index (χ0v) is 8.82. The minimum atomic E-state index is -0.868. The summed E-state index contributed by atoms with van der Waals surface area (Å²) in [5.41, 5.74) is 2.50. The predicted octanol–water partition coefficient (Wildman–Crippen LogP) is 2.67. The van der Waals surface area contributed by atoms with E-state index in [1.165, 1.54) is 0 Å². The van der Waals surface area contributed by atoms with Crippen LogP contribution in [0.4, 0.5) is 0 Å². The highest BCUT2D eigenvalue weighted by molar-refractivity contribution is 5.95. The molecule has 0 radical (unpaired) electrons. The summed E-state index contributed by atoms with van der Waals surface area (Å²) < 4.78 is 1.84. The second kappa shape index (κ2) is 3.42. The zero-order valence-electron chi connectivity index (χ0n) is 8.82. The smallest absolute Gasteiger partial charge is 0.352 e. The summed E-state index contributed by atoms with van der Waals surface area (Å²) in [7, 11) is 0. The Hall–Kier alpha value is -1.77. The summed E-state index contributed by atoms with van der Waals surface area (Å²) in [6.07, 6.45) is 0. The van der Waals surface area contributed by atoms with Crippen molar-refractivity contribution in [3.8, 4) is 0 Å². The van der Waals surface area contributed by atoms with Crippen LogP contribution in [-0.2, 0) is 6.54 Å². The lowest BCUT2D eigenvalue weighted by Gasteiger charge is -2.06. The van der Waals surface area contributed by atoms with Gasteiger partial charge in [0.2, 0.25) is 0 Å². The van der Waals surface area contributed by atoms with E-state index in [1.54, 1.807) is 6.07 Å². The van der Waals surface area contributed by atoms with Crippen LogP contribution in [0.2, 0.25) is 0 Å². The van der Waals surface area contributed by atoms with Crippen molar-refractivity contribution < 1.29 is 9.90 Å². The number of nitrogens with zero attached hydrogens (tertiary/aromatic N) is 1. The maximum Gasteiger partial charge on any atom is 0.352 e. The lowest BCUT2D eigenvalue weighted by molar-refractivity contribution is 0.0686. The van der Waals surface area contributed by atoms with Crippen LogP contribution in [0.25, 0.3) is 10.9 Å². The highest BCUT2D eigenvalue weighted by Crippen LogP contribution is 2.23.